The smallest absolute Gasteiger partial charge is 0.268 e. The number of aromatic nitrogens is 2. The SMILES string of the molecule is C[C@H]1C[C@@H](CNC(=O)[C@@H](NC(=O)c2cc3ccccc3[nH]2)C(C)(C)C)N(C(=O)c2c[nH]c3ccccc23)C1. The minimum absolute atomic E-state index is 0.0365. The van der Waals surface area contributed by atoms with E-state index >= 15 is 0 Å². The first-order valence-corrected chi connectivity index (χ1v) is 13.1. The van der Waals surface area contributed by atoms with Gasteiger partial charge in [0.15, 0.2) is 0 Å². The standard InChI is InChI=1S/C30H35N5O3/c1-18-13-20(35(17-18)29(38)22-16-31-24-12-8-6-10-21(22)24)15-32-28(37)26(30(2,3)4)34-27(36)25-14-19-9-5-7-11-23(19)33-25/h5-12,14,16,18,20,26,31,33H,13,15,17H2,1-4H3,(H,32,37)(H,34,36)/t18-,20-,26+/m0/s1. The number of para-hydroxylation sites is 2. The van der Waals surface area contributed by atoms with E-state index in [1.54, 1.807) is 12.3 Å². The number of nitrogens with one attached hydrogen (secondary N) is 4. The van der Waals surface area contributed by atoms with E-state index in [1.807, 2.05) is 74.2 Å². The second-order valence-corrected chi connectivity index (χ2v) is 11.5. The highest BCUT2D eigenvalue weighted by Crippen LogP contribution is 2.28. The lowest BCUT2D eigenvalue weighted by molar-refractivity contribution is -0.125. The van der Waals surface area contributed by atoms with Gasteiger partial charge in [-0.2, -0.15) is 0 Å². The lowest BCUT2D eigenvalue weighted by Gasteiger charge is -2.31. The van der Waals surface area contributed by atoms with Crippen molar-refractivity contribution in [1.29, 1.82) is 0 Å². The Kier molecular flexibility index (Phi) is 6.73. The molecule has 1 saturated heterocycles. The molecule has 3 amide bonds. The van der Waals surface area contributed by atoms with Crippen LogP contribution in [0.4, 0.5) is 0 Å². The molecule has 0 bridgehead atoms. The van der Waals surface area contributed by atoms with Gasteiger partial charge in [0.25, 0.3) is 11.8 Å². The fraction of sp³-hybridized carbons (Fsp3) is 0.367. The van der Waals surface area contributed by atoms with Crippen molar-refractivity contribution < 1.29 is 14.4 Å². The molecular formula is C30H35N5O3. The van der Waals surface area contributed by atoms with Crippen LogP contribution in [0.2, 0.25) is 0 Å². The van der Waals surface area contributed by atoms with Crippen molar-refractivity contribution in [3.05, 3.63) is 72.1 Å². The maximum atomic E-state index is 13.5. The molecule has 1 fully saturated rings. The molecule has 5 rings (SSSR count). The Morgan fingerprint density at radius 2 is 1.76 bits per heavy atom. The van der Waals surface area contributed by atoms with E-state index in [9.17, 15) is 14.4 Å². The second-order valence-electron chi connectivity index (χ2n) is 11.5. The van der Waals surface area contributed by atoms with Crippen LogP contribution < -0.4 is 10.6 Å². The number of carbonyl (C=O) groups excluding carboxylic acids is 3. The number of aromatic amines is 2. The van der Waals surface area contributed by atoms with Gasteiger partial charge in [0, 0.05) is 47.1 Å². The maximum Gasteiger partial charge on any atom is 0.268 e. The van der Waals surface area contributed by atoms with Crippen LogP contribution in [0.25, 0.3) is 21.8 Å². The Bertz CT molecular complexity index is 1460. The van der Waals surface area contributed by atoms with E-state index < -0.39 is 11.5 Å². The lowest BCUT2D eigenvalue weighted by atomic mass is 9.86. The fourth-order valence-electron chi connectivity index (χ4n) is 5.40. The predicted octanol–water partition coefficient (Wildman–Crippen LogP) is 4.46. The molecule has 1 aliphatic heterocycles. The third kappa shape index (κ3) is 5.03. The minimum atomic E-state index is -0.752. The zero-order valence-corrected chi connectivity index (χ0v) is 22.3. The number of H-pyrrole nitrogens is 2. The Hall–Kier alpha value is -4.07. The van der Waals surface area contributed by atoms with Gasteiger partial charge in [0.05, 0.1) is 5.56 Å². The van der Waals surface area contributed by atoms with E-state index in [0.717, 1.165) is 28.2 Å². The molecule has 4 aromatic rings. The summed E-state index contributed by atoms with van der Waals surface area (Å²) in [6.45, 7) is 8.86. The van der Waals surface area contributed by atoms with Crippen molar-refractivity contribution in [2.24, 2.45) is 11.3 Å². The van der Waals surface area contributed by atoms with E-state index in [4.69, 9.17) is 0 Å². The van der Waals surface area contributed by atoms with Crippen LogP contribution in [0.3, 0.4) is 0 Å². The molecule has 1 aliphatic rings. The number of hydrogen-bond donors (Lipinski definition) is 4. The average molecular weight is 514 g/mol. The lowest BCUT2D eigenvalue weighted by Crippen LogP contribution is -2.55. The zero-order valence-electron chi connectivity index (χ0n) is 22.3. The summed E-state index contributed by atoms with van der Waals surface area (Å²) in [5, 5.41) is 7.80. The van der Waals surface area contributed by atoms with Crippen LogP contribution in [0.5, 0.6) is 0 Å². The fourth-order valence-corrected chi connectivity index (χ4v) is 5.40. The molecule has 0 spiro atoms. The van der Waals surface area contributed by atoms with Crippen molar-refractivity contribution in [1.82, 2.24) is 25.5 Å². The van der Waals surface area contributed by atoms with Gasteiger partial charge in [-0.1, -0.05) is 64.1 Å². The maximum absolute atomic E-state index is 13.5. The highest BCUT2D eigenvalue weighted by molar-refractivity contribution is 6.07. The Morgan fingerprint density at radius 1 is 1.05 bits per heavy atom. The summed E-state index contributed by atoms with van der Waals surface area (Å²) in [6.07, 6.45) is 2.57. The van der Waals surface area contributed by atoms with E-state index in [-0.39, 0.29) is 23.8 Å². The van der Waals surface area contributed by atoms with Gasteiger partial charge in [-0.05, 0) is 36.0 Å². The van der Waals surface area contributed by atoms with Crippen molar-refractivity contribution in [2.75, 3.05) is 13.1 Å². The van der Waals surface area contributed by atoms with E-state index in [1.165, 1.54) is 0 Å². The number of carbonyl (C=O) groups is 3. The van der Waals surface area contributed by atoms with Crippen molar-refractivity contribution in [3.63, 3.8) is 0 Å². The van der Waals surface area contributed by atoms with E-state index in [0.29, 0.717) is 30.3 Å². The van der Waals surface area contributed by atoms with Crippen LogP contribution in [0, 0.1) is 11.3 Å². The average Bonchev–Trinajstić information content (AvgIpc) is 3.60. The Balaban J connectivity index is 1.28. The summed E-state index contributed by atoms with van der Waals surface area (Å²) in [5.74, 6) is -0.306. The number of rotatable bonds is 6. The zero-order chi connectivity index (χ0) is 27.0. The summed E-state index contributed by atoms with van der Waals surface area (Å²) in [7, 11) is 0. The minimum Gasteiger partial charge on any atom is -0.360 e. The molecular weight excluding hydrogens is 478 g/mol. The van der Waals surface area contributed by atoms with Crippen molar-refractivity contribution in [2.45, 2.75) is 46.2 Å². The number of amides is 3. The molecule has 2 aromatic carbocycles. The van der Waals surface area contributed by atoms with Crippen LogP contribution in [-0.2, 0) is 4.79 Å². The quantitative estimate of drug-likeness (QED) is 0.306. The van der Waals surface area contributed by atoms with Gasteiger partial charge in [0.2, 0.25) is 5.91 Å². The number of nitrogens with zero attached hydrogens (tertiary/aromatic N) is 1. The summed E-state index contributed by atoms with van der Waals surface area (Å²) < 4.78 is 0. The van der Waals surface area contributed by atoms with Crippen LogP contribution in [-0.4, -0.2) is 57.8 Å². The molecule has 3 heterocycles. The molecule has 0 radical (unpaired) electrons. The third-order valence-corrected chi connectivity index (χ3v) is 7.39. The Labute approximate surface area is 222 Å². The highest BCUT2D eigenvalue weighted by atomic mass is 16.2. The van der Waals surface area contributed by atoms with Crippen molar-refractivity contribution >= 4 is 39.5 Å². The van der Waals surface area contributed by atoms with Crippen LogP contribution in [0.1, 0.15) is 55.0 Å². The number of likely N-dealkylation sites (tertiary alicyclic amines) is 1. The molecule has 2 aromatic heterocycles. The molecule has 38 heavy (non-hydrogen) atoms. The Morgan fingerprint density at radius 3 is 2.50 bits per heavy atom. The largest absolute Gasteiger partial charge is 0.360 e. The normalized spacial score (nSPS) is 18.6. The number of fused-ring (bicyclic) bond motifs is 2. The predicted molar refractivity (Wildman–Crippen MR) is 149 cm³/mol. The van der Waals surface area contributed by atoms with Gasteiger partial charge >= 0.3 is 0 Å². The van der Waals surface area contributed by atoms with Gasteiger partial charge in [-0.25, -0.2) is 0 Å². The van der Waals surface area contributed by atoms with Crippen molar-refractivity contribution in [3.8, 4) is 0 Å². The molecule has 8 heteroatoms. The summed E-state index contributed by atoms with van der Waals surface area (Å²) in [6, 6.07) is 16.3. The number of benzene rings is 2. The van der Waals surface area contributed by atoms with Crippen LogP contribution in [0.15, 0.2) is 60.8 Å². The molecule has 3 atom stereocenters. The molecule has 8 nitrogen and oxygen atoms in total. The number of hydrogen-bond acceptors (Lipinski definition) is 3. The first-order chi connectivity index (χ1) is 18.1. The first kappa shape index (κ1) is 25.6. The van der Waals surface area contributed by atoms with Crippen LogP contribution >= 0.6 is 0 Å². The molecule has 0 aliphatic carbocycles. The first-order valence-electron chi connectivity index (χ1n) is 13.1. The highest BCUT2D eigenvalue weighted by Gasteiger charge is 2.37. The summed E-state index contributed by atoms with van der Waals surface area (Å²) >= 11 is 0. The topological polar surface area (TPSA) is 110 Å². The molecule has 198 valence electrons. The van der Waals surface area contributed by atoms with Gasteiger partial charge in [-0.15, -0.1) is 0 Å². The summed E-state index contributed by atoms with van der Waals surface area (Å²) in [4.78, 5) is 48.2. The molecule has 0 unspecified atom stereocenters. The summed E-state index contributed by atoms with van der Waals surface area (Å²) in [5.41, 5.74) is 2.32. The van der Waals surface area contributed by atoms with E-state index in [2.05, 4.69) is 27.5 Å². The monoisotopic (exact) mass is 513 g/mol. The van der Waals surface area contributed by atoms with Gasteiger partial charge in [-0.3, -0.25) is 14.4 Å². The van der Waals surface area contributed by atoms with Gasteiger partial charge < -0.3 is 25.5 Å². The van der Waals surface area contributed by atoms with Gasteiger partial charge in [0.1, 0.15) is 11.7 Å². The molecule has 0 saturated carbocycles. The third-order valence-electron chi connectivity index (χ3n) is 7.39. The molecule has 4 N–H and O–H groups in total. The second kappa shape index (κ2) is 10.0.